The molecule has 0 radical (unpaired) electrons. The maximum Gasteiger partial charge on any atom is 0.252 e. The predicted molar refractivity (Wildman–Crippen MR) is 137 cm³/mol. The van der Waals surface area contributed by atoms with Crippen molar-refractivity contribution in [1.82, 2.24) is 19.2 Å². The molecule has 1 aliphatic rings. The van der Waals surface area contributed by atoms with Gasteiger partial charge in [-0.15, -0.1) is 0 Å². The number of anilines is 1. The summed E-state index contributed by atoms with van der Waals surface area (Å²) in [6.45, 7) is 10.4. The zero-order chi connectivity index (χ0) is 25.3. The van der Waals surface area contributed by atoms with Crippen LogP contribution in [0.3, 0.4) is 0 Å². The van der Waals surface area contributed by atoms with E-state index in [2.05, 4.69) is 48.7 Å². The summed E-state index contributed by atoms with van der Waals surface area (Å²) in [5, 5.41) is 13.8. The summed E-state index contributed by atoms with van der Waals surface area (Å²) >= 11 is 0. The van der Waals surface area contributed by atoms with E-state index in [9.17, 15) is 9.18 Å². The van der Waals surface area contributed by atoms with E-state index in [0.29, 0.717) is 0 Å². The van der Waals surface area contributed by atoms with Crippen LogP contribution in [-0.2, 0) is 20.0 Å². The van der Waals surface area contributed by atoms with Crippen LogP contribution in [0.15, 0.2) is 35.3 Å². The number of aryl methyl sites for hydroxylation is 2. The number of aromatic nitrogens is 3. The van der Waals surface area contributed by atoms with Crippen LogP contribution in [0.4, 0.5) is 10.1 Å². The van der Waals surface area contributed by atoms with Crippen LogP contribution in [0, 0.1) is 17.1 Å². The molecule has 1 aliphatic heterocycles. The van der Waals surface area contributed by atoms with Gasteiger partial charge in [0.15, 0.2) is 0 Å². The highest BCUT2D eigenvalue weighted by Crippen LogP contribution is 2.35. The average molecular weight is 479 g/mol. The quantitative estimate of drug-likeness (QED) is 0.503. The third-order valence-corrected chi connectivity index (χ3v) is 7.59. The zero-order valence-corrected chi connectivity index (χ0v) is 21.3. The fourth-order valence-electron chi connectivity index (χ4n) is 5.53. The molecule has 0 spiro atoms. The van der Waals surface area contributed by atoms with E-state index in [0.717, 1.165) is 54.6 Å². The number of rotatable bonds is 7. The second-order valence-electron chi connectivity index (χ2n) is 9.49. The number of halogens is 1. The number of piperazine rings is 1. The SMILES string of the molecule is CCc1cc(F)ccc1C(C)N1C[C@H](CC)N(c2cc(=O)n(C)c3cn(CC#N)nc23)C[C@H]1CC. The van der Waals surface area contributed by atoms with E-state index in [-0.39, 0.29) is 36.0 Å². The highest BCUT2D eigenvalue weighted by Gasteiger charge is 2.36. The van der Waals surface area contributed by atoms with Gasteiger partial charge in [-0.2, -0.15) is 10.4 Å². The van der Waals surface area contributed by atoms with Gasteiger partial charge in [0, 0.05) is 44.3 Å². The molecule has 4 rings (SSSR count). The Balaban J connectivity index is 1.73. The van der Waals surface area contributed by atoms with Gasteiger partial charge in [-0.3, -0.25) is 14.4 Å². The summed E-state index contributed by atoms with van der Waals surface area (Å²) in [7, 11) is 1.74. The average Bonchev–Trinajstić information content (AvgIpc) is 3.29. The molecular formula is C27H35FN6O. The Morgan fingerprint density at radius 1 is 1.17 bits per heavy atom. The molecule has 0 saturated carbocycles. The summed E-state index contributed by atoms with van der Waals surface area (Å²) in [6, 6.07) is 9.60. The number of fused-ring (bicyclic) bond motifs is 1. The summed E-state index contributed by atoms with van der Waals surface area (Å²) in [5.41, 5.74) is 4.49. The molecule has 1 aromatic carbocycles. The second-order valence-corrected chi connectivity index (χ2v) is 9.49. The van der Waals surface area contributed by atoms with Crippen molar-refractivity contribution in [2.45, 2.75) is 71.6 Å². The fraction of sp³-hybridized carbons (Fsp3) is 0.519. The molecule has 3 aromatic rings. The molecule has 3 heterocycles. The maximum absolute atomic E-state index is 13.9. The van der Waals surface area contributed by atoms with Crippen molar-refractivity contribution in [2.75, 3.05) is 18.0 Å². The van der Waals surface area contributed by atoms with Gasteiger partial charge >= 0.3 is 0 Å². The Hall–Kier alpha value is -3.18. The Kier molecular flexibility index (Phi) is 7.27. The van der Waals surface area contributed by atoms with E-state index in [1.54, 1.807) is 40.7 Å². The second kappa shape index (κ2) is 10.2. The normalized spacial score (nSPS) is 19.7. The molecule has 0 aliphatic carbocycles. The first kappa shape index (κ1) is 24.9. The van der Waals surface area contributed by atoms with E-state index in [1.807, 2.05) is 6.07 Å². The summed E-state index contributed by atoms with van der Waals surface area (Å²) < 4.78 is 17.1. The molecule has 7 nitrogen and oxygen atoms in total. The van der Waals surface area contributed by atoms with E-state index in [4.69, 9.17) is 5.26 Å². The highest BCUT2D eigenvalue weighted by atomic mass is 19.1. The van der Waals surface area contributed by atoms with Crippen molar-refractivity contribution in [3.8, 4) is 6.07 Å². The first-order valence-corrected chi connectivity index (χ1v) is 12.6. The molecule has 2 aromatic heterocycles. The van der Waals surface area contributed by atoms with Crippen molar-refractivity contribution in [3.63, 3.8) is 0 Å². The molecule has 1 fully saturated rings. The Labute approximate surface area is 206 Å². The van der Waals surface area contributed by atoms with Gasteiger partial charge in [-0.25, -0.2) is 4.39 Å². The predicted octanol–water partition coefficient (Wildman–Crippen LogP) is 4.40. The number of nitrogens with zero attached hydrogens (tertiary/aromatic N) is 6. The van der Waals surface area contributed by atoms with Gasteiger partial charge in [0.2, 0.25) is 0 Å². The lowest BCUT2D eigenvalue weighted by atomic mass is 9.93. The maximum atomic E-state index is 13.9. The minimum atomic E-state index is -0.188. The van der Waals surface area contributed by atoms with Gasteiger partial charge in [-0.05, 0) is 49.4 Å². The van der Waals surface area contributed by atoms with Crippen LogP contribution in [0.1, 0.15) is 57.7 Å². The minimum absolute atomic E-state index is 0.0818. The van der Waals surface area contributed by atoms with E-state index in [1.165, 1.54) is 5.56 Å². The highest BCUT2D eigenvalue weighted by molar-refractivity contribution is 5.88. The van der Waals surface area contributed by atoms with Gasteiger partial charge in [0.25, 0.3) is 5.56 Å². The molecule has 3 atom stereocenters. The molecular weight excluding hydrogens is 443 g/mol. The Bertz CT molecular complexity index is 1310. The van der Waals surface area contributed by atoms with Gasteiger partial charge < -0.3 is 9.47 Å². The molecule has 0 N–H and O–H groups in total. The molecule has 8 heteroatoms. The molecule has 1 unspecified atom stereocenters. The first-order valence-electron chi connectivity index (χ1n) is 12.6. The van der Waals surface area contributed by atoms with Crippen LogP contribution in [-0.4, -0.2) is 44.4 Å². The largest absolute Gasteiger partial charge is 0.364 e. The lowest BCUT2D eigenvalue weighted by Crippen LogP contribution is -2.59. The van der Waals surface area contributed by atoms with E-state index < -0.39 is 0 Å². The number of pyridine rings is 1. The Morgan fingerprint density at radius 3 is 2.57 bits per heavy atom. The summed E-state index contributed by atoms with van der Waals surface area (Å²) in [5.74, 6) is -0.188. The van der Waals surface area contributed by atoms with E-state index >= 15 is 0 Å². The minimum Gasteiger partial charge on any atom is -0.364 e. The van der Waals surface area contributed by atoms with Gasteiger partial charge in [-0.1, -0.05) is 26.8 Å². The number of hydrogen-bond acceptors (Lipinski definition) is 5. The van der Waals surface area contributed by atoms with Crippen LogP contribution in [0.2, 0.25) is 0 Å². The number of hydrogen-bond donors (Lipinski definition) is 0. The third-order valence-electron chi connectivity index (χ3n) is 7.59. The van der Waals surface area contributed by atoms with Crippen molar-refractivity contribution in [2.24, 2.45) is 7.05 Å². The van der Waals surface area contributed by atoms with Crippen LogP contribution in [0.5, 0.6) is 0 Å². The number of benzene rings is 1. The standard InChI is InChI=1S/C27H35FN6O/c1-6-19-13-20(28)9-10-23(19)18(4)33-15-22(8-3)34(16-21(33)7-2)24-14-26(35)31(5)25-17-32(12-11-29)30-27(24)25/h9-10,13-14,17-18,21-22H,6-8,12,15-16H2,1-5H3/t18?,21-,22+/m1/s1. The van der Waals surface area contributed by atoms with Crippen LogP contribution < -0.4 is 10.5 Å². The monoisotopic (exact) mass is 478 g/mol. The van der Waals surface area contributed by atoms with Gasteiger partial charge in [0.1, 0.15) is 17.9 Å². The lowest BCUT2D eigenvalue weighted by molar-refractivity contribution is 0.101. The fourth-order valence-corrected chi connectivity index (χ4v) is 5.53. The molecule has 1 saturated heterocycles. The zero-order valence-electron chi connectivity index (χ0n) is 21.3. The van der Waals surface area contributed by atoms with Crippen molar-refractivity contribution in [1.29, 1.82) is 5.26 Å². The molecule has 0 amide bonds. The van der Waals surface area contributed by atoms with Crippen molar-refractivity contribution >= 4 is 16.7 Å². The first-order chi connectivity index (χ1) is 16.8. The Morgan fingerprint density at radius 2 is 1.91 bits per heavy atom. The third kappa shape index (κ3) is 4.57. The topological polar surface area (TPSA) is 70.1 Å². The molecule has 0 bridgehead atoms. The molecule has 186 valence electrons. The smallest absolute Gasteiger partial charge is 0.252 e. The number of nitriles is 1. The van der Waals surface area contributed by atoms with Gasteiger partial charge in [0.05, 0.1) is 23.5 Å². The summed E-state index contributed by atoms with van der Waals surface area (Å²) in [4.78, 5) is 17.7. The van der Waals surface area contributed by atoms with Crippen molar-refractivity contribution in [3.05, 3.63) is 57.8 Å². The lowest BCUT2D eigenvalue weighted by Gasteiger charge is -2.49. The van der Waals surface area contributed by atoms with Crippen molar-refractivity contribution < 1.29 is 4.39 Å². The molecule has 35 heavy (non-hydrogen) atoms. The van der Waals surface area contributed by atoms with Crippen LogP contribution in [0.25, 0.3) is 11.0 Å². The summed E-state index contributed by atoms with van der Waals surface area (Å²) in [6.07, 6.45) is 4.44. The van der Waals surface area contributed by atoms with Crippen LogP contribution >= 0.6 is 0 Å².